The van der Waals surface area contributed by atoms with Gasteiger partial charge in [-0.3, -0.25) is 4.79 Å². The van der Waals surface area contributed by atoms with Gasteiger partial charge >= 0.3 is 5.97 Å². The molecule has 1 unspecified atom stereocenters. The van der Waals surface area contributed by atoms with Gasteiger partial charge in [-0.25, -0.2) is 4.39 Å². The highest BCUT2D eigenvalue weighted by molar-refractivity contribution is 5.70. The van der Waals surface area contributed by atoms with E-state index in [0.717, 1.165) is 0 Å². The molecule has 0 fully saturated rings. The van der Waals surface area contributed by atoms with Crippen LogP contribution in [0.5, 0.6) is 5.75 Å². The standard InChI is InChI=1S/C13H18FNO3/c1-4-18-13(16)7-9(2)15-10-5-6-11(14)12(8-10)17-3/h5-6,8-9,15H,4,7H2,1-3H3. The lowest BCUT2D eigenvalue weighted by Crippen LogP contribution is -2.21. The van der Waals surface area contributed by atoms with E-state index in [1.807, 2.05) is 6.92 Å². The summed E-state index contributed by atoms with van der Waals surface area (Å²) >= 11 is 0. The van der Waals surface area contributed by atoms with Crippen LogP contribution in [0.2, 0.25) is 0 Å². The third kappa shape index (κ3) is 4.24. The van der Waals surface area contributed by atoms with Crippen LogP contribution in [0.4, 0.5) is 10.1 Å². The molecule has 0 saturated carbocycles. The maximum absolute atomic E-state index is 13.2. The first-order valence-corrected chi connectivity index (χ1v) is 5.82. The Morgan fingerprint density at radius 2 is 2.22 bits per heavy atom. The summed E-state index contributed by atoms with van der Waals surface area (Å²) in [5.74, 6) is -0.504. The van der Waals surface area contributed by atoms with Crippen molar-refractivity contribution >= 4 is 11.7 Å². The van der Waals surface area contributed by atoms with Crippen LogP contribution in [0.1, 0.15) is 20.3 Å². The van der Waals surface area contributed by atoms with Crippen molar-refractivity contribution in [3.05, 3.63) is 24.0 Å². The number of esters is 1. The first kappa shape index (κ1) is 14.3. The van der Waals surface area contributed by atoms with Crippen LogP contribution in [0.25, 0.3) is 0 Å². The van der Waals surface area contributed by atoms with E-state index >= 15 is 0 Å². The number of methoxy groups -OCH3 is 1. The fourth-order valence-corrected chi connectivity index (χ4v) is 1.56. The van der Waals surface area contributed by atoms with Gasteiger partial charge in [0.15, 0.2) is 11.6 Å². The van der Waals surface area contributed by atoms with Gasteiger partial charge in [0.2, 0.25) is 0 Å². The van der Waals surface area contributed by atoms with E-state index in [9.17, 15) is 9.18 Å². The molecule has 1 atom stereocenters. The molecule has 0 amide bonds. The Balaban J connectivity index is 2.59. The van der Waals surface area contributed by atoms with Crippen molar-refractivity contribution in [2.45, 2.75) is 26.3 Å². The Morgan fingerprint density at radius 1 is 1.50 bits per heavy atom. The number of benzene rings is 1. The van der Waals surface area contributed by atoms with Gasteiger partial charge < -0.3 is 14.8 Å². The predicted octanol–water partition coefficient (Wildman–Crippen LogP) is 2.59. The molecular formula is C13H18FNO3. The van der Waals surface area contributed by atoms with Gasteiger partial charge in [0.05, 0.1) is 20.1 Å². The maximum Gasteiger partial charge on any atom is 0.307 e. The van der Waals surface area contributed by atoms with Crippen LogP contribution >= 0.6 is 0 Å². The Bertz CT molecular complexity index is 409. The van der Waals surface area contributed by atoms with E-state index in [0.29, 0.717) is 12.3 Å². The molecule has 0 radical (unpaired) electrons. The molecule has 0 aliphatic rings. The minimum absolute atomic E-state index is 0.0979. The SMILES string of the molecule is CCOC(=O)CC(C)Nc1ccc(F)c(OC)c1. The van der Waals surface area contributed by atoms with E-state index in [1.165, 1.54) is 13.2 Å². The molecule has 5 heteroatoms. The number of ether oxygens (including phenoxy) is 2. The molecule has 1 aromatic carbocycles. The van der Waals surface area contributed by atoms with Crippen molar-refractivity contribution in [1.82, 2.24) is 0 Å². The van der Waals surface area contributed by atoms with Crippen LogP contribution in [-0.2, 0) is 9.53 Å². The summed E-state index contributed by atoms with van der Waals surface area (Å²) in [5.41, 5.74) is 0.699. The second-order valence-corrected chi connectivity index (χ2v) is 3.90. The zero-order valence-corrected chi connectivity index (χ0v) is 10.8. The second kappa shape index (κ2) is 6.83. The number of carbonyl (C=O) groups is 1. The zero-order valence-electron chi connectivity index (χ0n) is 10.8. The third-order valence-electron chi connectivity index (χ3n) is 2.34. The van der Waals surface area contributed by atoms with Gasteiger partial charge in [-0.15, -0.1) is 0 Å². The van der Waals surface area contributed by atoms with E-state index < -0.39 is 5.82 Å². The molecule has 1 aromatic rings. The Morgan fingerprint density at radius 3 is 2.83 bits per heavy atom. The van der Waals surface area contributed by atoms with Gasteiger partial charge in [-0.05, 0) is 26.0 Å². The first-order valence-electron chi connectivity index (χ1n) is 5.82. The van der Waals surface area contributed by atoms with Crippen LogP contribution in [0.3, 0.4) is 0 Å². The molecule has 0 aliphatic carbocycles. The quantitative estimate of drug-likeness (QED) is 0.794. The number of halogens is 1. The highest BCUT2D eigenvalue weighted by Crippen LogP contribution is 2.22. The van der Waals surface area contributed by atoms with Crippen molar-refractivity contribution in [3.8, 4) is 5.75 Å². The molecule has 1 rings (SSSR count). The fraction of sp³-hybridized carbons (Fsp3) is 0.462. The van der Waals surface area contributed by atoms with Crippen LogP contribution in [0, 0.1) is 5.82 Å². The van der Waals surface area contributed by atoms with Crippen LogP contribution in [-0.4, -0.2) is 25.7 Å². The van der Waals surface area contributed by atoms with Gasteiger partial charge in [0.1, 0.15) is 0 Å². The van der Waals surface area contributed by atoms with Gasteiger partial charge in [0, 0.05) is 17.8 Å². The van der Waals surface area contributed by atoms with Gasteiger partial charge in [-0.1, -0.05) is 0 Å². The number of rotatable bonds is 6. The molecule has 0 bridgehead atoms. The number of anilines is 1. The Hall–Kier alpha value is -1.78. The number of hydrogen-bond acceptors (Lipinski definition) is 4. The van der Waals surface area contributed by atoms with Crippen molar-refractivity contribution in [2.24, 2.45) is 0 Å². The average Bonchev–Trinajstić information content (AvgIpc) is 2.31. The molecule has 100 valence electrons. The summed E-state index contributed by atoms with van der Waals surface area (Å²) in [6, 6.07) is 4.37. The van der Waals surface area contributed by atoms with Crippen molar-refractivity contribution in [3.63, 3.8) is 0 Å². The summed E-state index contributed by atoms with van der Waals surface area (Å²) < 4.78 is 22.9. The lowest BCUT2D eigenvalue weighted by molar-refractivity contribution is -0.143. The van der Waals surface area contributed by atoms with Gasteiger partial charge in [0.25, 0.3) is 0 Å². The van der Waals surface area contributed by atoms with Crippen molar-refractivity contribution < 1.29 is 18.7 Å². The molecule has 4 nitrogen and oxygen atoms in total. The highest BCUT2D eigenvalue weighted by Gasteiger charge is 2.11. The number of nitrogens with one attached hydrogen (secondary N) is 1. The highest BCUT2D eigenvalue weighted by atomic mass is 19.1. The summed E-state index contributed by atoms with van der Waals surface area (Å²) in [5, 5.41) is 3.09. The minimum atomic E-state index is -0.416. The predicted molar refractivity (Wildman–Crippen MR) is 67.3 cm³/mol. The molecule has 0 heterocycles. The average molecular weight is 255 g/mol. The topological polar surface area (TPSA) is 47.6 Å². The molecule has 0 spiro atoms. The van der Waals surface area contributed by atoms with Crippen molar-refractivity contribution in [2.75, 3.05) is 19.0 Å². The molecule has 18 heavy (non-hydrogen) atoms. The summed E-state index contributed by atoms with van der Waals surface area (Å²) in [4.78, 5) is 11.3. The normalized spacial score (nSPS) is 11.8. The smallest absolute Gasteiger partial charge is 0.307 e. The molecule has 0 aromatic heterocycles. The van der Waals surface area contributed by atoms with Crippen molar-refractivity contribution in [1.29, 1.82) is 0 Å². The van der Waals surface area contributed by atoms with E-state index in [2.05, 4.69) is 5.32 Å². The van der Waals surface area contributed by atoms with Crippen LogP contribution < -0.4 is 10.1 Å². The van der Waals surface area contributed by atoms with E-state index in [-0.39, 0.29) is 24.2 Å². The Labute approximate surface area is 106 Å². The fourth-order valence-electron chi connectivity index (χ4n) is 1.56. The summed E-state index contributed by atoms with van der Waals surface area (Å²) in [7, 11) is 1.41. The molecule has 0 saturated heterocycles. The molecule has 0 aliphatic heterocycles. The van der Waals surface area contributed by atoms with E-state index in [4.69, 9.17) is 9.47 Å². The largest absolute Gasteiger partial charge is 0.494 e. The number of hydrogen-bond donors (Lipinski definition) is 1. The lowest BCUT2D eigenvalue weighted by Gasteiger charge is -2.15. The summed E-state index contributed by atoms with van der Waals surface area (Å²) in [6.45, 7) is 3.99. The first-order chi connectivity index (χ1) is 8.56. The minimum Gasteiger partial charge on any atom is -0.494 e. The van der Waals surface area contributed by atoms with Crippen LogP contribution in [0.15, 0.2) is 18.2 Å². The second-order valence-electron chi connectivity index (χ2n) is 3.90. The lowest BCUT2D eigenvalue weighted by atomic mass is 10.2. The third-order valence-corrected chi connectivity index (χ3v) is 2.34. The number of carbonyl (C=O) groups excluding carboxylic acids is 1. The summed E-state index contributed by atoms with van der Waals surface area (Å²) in [6.07, 6.45) is 0.257. The molecule has 1 N–H and O–H groups in total. The maximum atomic E-state index is 13.2. The monoisotopic (exact) mass is 255 g/mol. The zero-order chi connectivity index (χ0) is 13.5. The Kier molecular flexibility index (Phi) is 5.42. The molecular weight excluding hydrogens is 237 g/mol. The van der Waals surface area contributed by atoms with E-state index in [1.54, 1.807) is 19.1 Å². The van der Waals surface area contributed by atoms with Gasteiger partial charge in [-0.2, -0.15) is 0 Å².